The van der Waals surface area contributed by atoms with E-state index >= 15 is 0 Å². The van der Waals surface area contributed by atoms with Crippen LogP contribution in [0.2, 0.25) is 0 Å². The first kappa shape index (κ1) is 10.2. The molecule has 2 unspecified atom stereocenters. The summed E-state index contributed by atoms with van der Waals surface area (Å²) in [5.41, 5.74) is 2.99. The van der Waals surface area contributed by atoms with Crippen molar-refractivity contribution in [2.45, 2.75) is 26.4 Å². The predicted molar refractivity (Wildman–Crippen MR) is 48.3 cm³/mol. The maximum atomic E-state index is 9.22. The van der Waals surface area contributed by atoms with Gasteiger partial charge in [0, 0.05) is 5.92 Å². The summed E-state index contributed by atoms with van der Waals surface area (Å²) >= 11 is 0. The first-order valence-corrected chi connectivity index (χ1v) is 3.94. The van der Waals surface area contributed by atoms with E-state index in [0.717, 1.165) is 6.42 Å². The Hall–Kier alpha value is -0.780. The van der Waals surface area contributed by atoms with Crippen LogP contribution in [-0.4, -0.2) is 11.2 Å². The van der Waals surface area contributed by atoms with Gasteiger partial charge in [0.15, 0.2) is 0 Å². The monoisotopic (exact) mass is 152 g/mol. The number of aliphatic hydroxyl groups is 1. The Bertz CT molecular complexity index is 164. The molecule has 0 amide bonds. The van der Waals surface area contributed by atoms with Crippen LogP contribution in [0.4, 0.5) is 0 Å². The third-order valence-electron chi connectivity index (χ3n) is 1.46. The van der Waals surface area contributed by atoms with Crippen LogP contribution in [0.3, 0.4) is 0 Å². The highest BCUT2D eigenvalue weighted by molar-refractivity contribution is 4.95. The van der Waals surface area contributed by atoms with Gasteiger partial charge in [-0.25, -0.2) is 0 Å². The average Bonchev–Trinajstić information content (AvgIpc) is 2.03. The lowest BCUT2D eigenvalue weighted by Gasteiger charge is -2.07. The molecule has 0 aromatic rings. The zero-order valence-corrected chi connectivity index (χ0v) is 7.25. The number of rotatable bonds is 4. The van der Waals surface area contributed by atoms with Gasteiger partial charge in [0.05, 0.1) is 6.10 Å². The lowest BCUT2D eigenvalue weighted by atomic mass is 10.1. The molecule has 0 aliphatic carbocycles. The van der Waals surface area contributed by atoms with Gasteiger partial charge in [-0.05, 0) is 18.6 Å². The Morgan fingerprint density at radius 3 is 2.73 bits per heavy atom. The van der Waals surface area contributed by atoms with Crippen LogP contribution in [0, 0.1) is 5.92 Å². The van der Waals surface area contributed by atoms with Crippen LogP contribution in [-0.2, 0) is 0 Å². The SMILES string of the molecule is C=CC(O)C(C)C=C=CCC. The maximum absolute atomic E-state index is 9.22. The van der Waals surface area contributed by atoms with Crippen molar-refractivity contribution in [3.05, 3.63) is 30.5 Å². The van der Waals surface area contributed by atoms with Gasteiger partial charge in [0.25, 0.3) is 0 Å². The molecule has 0 aromatic heterocycles. The van der Waals surface area contributed by atoms with E-state index in [0.29, 0.717) is 0 Å². The zero-order chi connectivity index (χ0) is 8.69. The molecule has 0 aliphatic rings. The Labute approximate surface area is 68.7 Å². The highest BCUT2D eigenvalue weighted by Gasteiger charge is 2.04. The van der Waals surface area contributed by atoms with Crippen molar-refractivity contribution in [1.82, 2.24) is 0 Å². The summed E-state index contributed by atoms with van der Waals surface area (Å²) in [4.78, 5) is 0. The smallest absolute Gasteiger partial charge is 0.0784 e. The van der Waals surface area contributed by atoms with Crippen LogP contribution in [0.15, 0.2) is 30.5 Å². The summed E-state index contributed by atoms with van der Waals surface area (Å²) in [5.74, 6) is 0.107. The van der Waals surface area contributed by atoms with Crippen molar-refractivity contribution in [2.24, 2.45) is 5.92 Å². The Morgan fingerprint density at radius 1 is 1.64 bits per heavy atom. The van der Waals surface area contributed by atoms with E-state index in [-0.39, 0.29) is 5.92 Å². The minimum Gasteiger partial charge on any atom is -0.388 e. The Morgan fingerprint density at radius 2 is 2.27 bits per heavy atom. The molecular formula is C10H16O. The van der Waals surface area contributed by atoms with E-state index in [4.69, 9.17) is 0 Å². The van der Waals surface area contributed by atoms with E-state index in [9.17, 15) is 5.11 Å². The van der Waals surface area contributed by atoms with E-state index in [2.05, 4.69) is 19.2 Å². The summed E-state index contributed by atoms with van der Waals surface area (Å²) in [5, 5.41) is 9.22. The Balaban J connectivity index is 3.94. The van der Waals surface area contributed by atoms with Gasteiger partial charge in [-0.15, -0.1) is 12.3 Å². The molecule has 0 heterocycles. The van der Waals surface area contributed by atoms with Crippen LogP contribution >= 0.6 is 0 Å². The summed E-state index contributed by atoms with van der Waals surface area (Å²) in [6.45, 7) is 7.49. The van der Waals surface area contributed by atoms with Crippen LogP contribution in [0.1, 0.15) is 20.3 Å². The van der Waals surface area contributed by atoms with Gasteiger partial charge in [-0.3, -0.25) is 0 Å². The van der Waals surface area contributed by atoms with Crippen LogP contribution in [0.5, 0.6) is 0 Å². The van der Waals surface area contributed by atoms with Crippen molar-refractivity contribution in [3.63, 3.8) is 0 Å². The molecular weight excluding hydrogens is 136 g/mol. The van der Waals surface area contributed by atoms with E-state index in [1.54, 1.807) is 0 Å². The van der Waals surface area contributed by atoms with Gasteiger partial charge in [0.1, 0.15) is 0 Å². The fraction of sp³-hybridized carbons (Fsp3) is 0.500. The van der Waals surface area contributed by atoms with Crippen molar-refractivity contribution in [1.29, 1.82) is 0 Å². The van der Waals surface area contributed by atoms with E-state index in [1.165, 1.54) is 6.08 Å². The molecule has 2 atom stereocenters. The molecule has 62 valence electrons. The highest BCUT2D eigenvalue weighted by atomic mass is 16.3. The van der Waals surface area contributed by atoms with Crippen molar-refractivity contribution >= 4 is 0 Å². The van der Waals surface area contributed by atoms with Gasteiger partial charge in [-0.2, -0.15) is 0 Å². The second-order valence-electron chi connectivity index (χ2n) is 2.53. The number of aliphatic hydroxyl groups excluding tert-OH is 1. The molecule has 1 N–H and O–H groups in total. The first-order valence-electron chi connectivity index (χ1n) is 3.94. The molecule has 0 saturated heterocycles. The summed E-state index contributed by atoms with van der Waals surface area (Å²) < 4.78 is 0. The predicted octanol–water partition coefficient (Wildman–Crippen LogP) is 2.29. The summed E-state index contributed by atoms with van der Waals surface area (Å²) in [6, 6.07) is 0. The number of hydrogen-bond acceptors (Lipinski definition) is 1. The lowest BCUT2D eigenvalue weighted by Crippen LogP contribution is -2.10. The molecule has 0 bridgehead atoms. The van der Waals surface area contributed by atoms with Crippen molar-refractivity contribution < 1.29 is 5.11 Å². The van der Waals surface area contributed by atoms with Gasteiger partial charge >= 0.3 is 0 Å². The molecule has 0 saturated carbocycles. The molecule has 0 aromatic carbocycles. The zero-order valence-electron chi connectivity index (χ0n) is 7.25. The summed E-state index contributed by atoms with van der Waals surface area (Å²) in [7, 11) is 0. The minimum absolute atomic E-state index is 0.107. The van der Waals surface area contributed by atoms with Gasteiger partial charge in [0.2, 0.25) is 0 Å². The average molecular weight is 152 g/mol. The molecule has 1 heteroatoms. The molecule has 0 radical (unpaired) electrons. The summed E-state index contributed by atoms with van der Waals surface area (Å²) in [6.07, 6.45) is 5.86. The third-order valence-corrected chi connectivity index (χ3v) is 1.46. The largest absolute Gasteiger partial charge is 0.388 e. The molecule has 0 fully saturated rings. The maximum Gasteiger partial charge on any atom is 0.0784 e. The van der Waals surface area contributed by atoms with Crippen molar-refractivity contribution in [3.8, 4) is 0 Å². The second kappa shape index (κ2) is 5.96. The second-order valence-corrected chi connectivity index (χ2v) is 2.53. The molecule has 0 spiro atoms. The first-order chi connectivity index (χ1) is 5.22. The molecule has 0 rings (SSSR count). The minimum atomic E-state index is -0.451. The van der Waals surface area contributed by atoms with E-state index in [1.807, 2.05) is 19.1 Å². The Kier molecular flexibility index (Phi) is 5.54. The normalized spacial score (nSPS) is 14.5. The fourth-order valence-corrected chi connectivity index (χ4v) is 0.651. The van der Waals surface area contributed by atoms with Gasteiger partial charge < -0.3 is 5.11 Å². The topological polar surface area (TPSA) is 20.2 Å². The highest BCUT2D eigenvalue weighted by Crippen LogP contribution is 2.04. The van der Waals surface area contributed by atoms with Crippen LogP contribution < -0.4 is 0 Å². The molecule has 0 aliphatic heterocycles. The lowest BCUT2D eigenvalue weighted by molar-refractivity contribution is 0.186. The quantitative estimate of drug-likeness (QED) is 0.484. The standard InChI is InChI=1S/C10H16O/c1-4-6-7-8-9(3)10(11)5-2/h5-6,8-11H,2,4H2,1,3H3. The van der Waals surface area contributed by atoms with Gasteiger partial charge in [-0.1, -0.05) is 19.9 Å². The molecule has 1 nitrogen and oxygen atoms in total. The third kappa shape index (κ3) is 4.60. The van der Waals surface area contributed by atoms with Crippen LogP contribution in [0.25, 0.3) is 0 Å². The molecule has 11 heavy (non-hydrogen) atoms. The van der Waals surface area contributed by atoms with E-state index < -0.39 is 6.10 Å². The van der Waals surface area contributed by atoms with Crippen molar-refractivity contribution in [2.75, 3.05) is 0 Å². The number of hydrogen-bond donors (Lipinski definition) is 1. The fourth-order valence-electron chi connectivity index (χ4n) is 0.651.